The third-order valence-electron chi connectivity index (χ3n) is 6.12. The van der Waals surface area contributed by atoms with Crippen LogP contribution in [0.2, 0.25) is 0 Å². The monoisotopic (exact) mass is 424 g/mol. The molecule has 2 N–H and O–H groups in total. The number of aromatic amines is 1. The van der Waals surface area contributed by atoms with Crippen LogP contribution in [0.15, 0.2) is 72.8 Å². The molecule has 1 aromatic heterocycles. The number of unbranched alkanes of at least 4 members (excludes halogenated alkanes) is 1. The highest BCUT2D eigenvalue weighted by atomic mass is 16.2. The summed E-state index contributed by atoms with van der Waals surface area (Å²) in [7, 11) is 0. The second-order valence-corrected chi connectivity index (χ2v) is 8.41. The second kappa shape index (κ2) is 9.27. The van der Waals surface area contributed by atoms with Crippen molar-refractivity contribution in [3.8, 4) is 0 Å². The van der Waals surface area contributed by atoms with Gasteiger partial charge in [0.05, 0.1) is 11.0 Å². The summed E-state index contributed by atoms with van der Waals surface area (Å²) in [6, 6.07) is 24.9. The predicted molar refractivity (Wildman–Crippen MR) is 130 cm³/mol. The van der Waals surface area contributed by atoms with Crippen LogP contribution in [0.4, 0.5) is 17.3 Å². The maximum atomic E-state index is 12.6. The summed E-state index contributed by atoms with van der Waals surface area (Å²) in [4.78, 5) is 22.5. The molecule has 2 heterocycles. The number of carbonyl (C=O) groups excluding carboxylic acids is 1. The zero-order valence-electron chi connectivity index (χ0n) is 18.2. The maximum absolute atomic E-state index is 12.6. The number of hydrogen-bond acceptors (Lipinski definition) is 3. The summed E-state index contributed by atoms with van der Waals surface area (Å²) >= 11 is 0. The van der Waals surface area contributed by atoms with E-state index in [1.165, 1.54) is 11.1 Å². The van der Waals surface area contributed by atoms with Gasteiger partial charge in [0.1, 0.15) is 0 Å². The van der Waals surface area contributed by atoms with E-state index in [0.717, 1.165) is 67.0 Å². The average molecular weight is 425 g/mol. The topological polar surface area (TPSA) is 61.0 Å². The van der Waals surface area contributed by atoms with Gasteiger partial charge in [0.15, 0.2) is 0 Å². The van der Waals surface area contributed by atoms with E-state index in [-0.39, 0.29) is 5.91 Å². The predicted octanol–water partition coefficient (Wildman–Crippen LogP) is 6.00. The van der Waals surface area contributed by atoms with Crippen LogP contribution in [-0.4, -0.2) is 22.4 Å². The Morgan fingerprint density at radius 3 is 2.59 bits per heavy atom. The van der Waals surface area contributed by atoms with E-state index in [1.807, 2.05) is 35.2 Å². The van der Waals surface area contributed by atoms with Gasteiger partial charge in [-0.1, -0.05) is 42.5 Å². The largest absolute Gasteiger partial charge is 0.326 e. The number of amides is 1. The first-order valence-electron chi connectivity index (χ1n) is 11.5. The second-order valence-electron chi connectivity index (χ2n) is 8.41. The Morgan fingerprint density at radius 1 is 0.906 bits per heavy atom. The average Bonchev–Trinajstić information content (AvgIpc) is 3.15. The van der Waals surface area contributed by atoms with E-state index in [4.69, 9.17) is 0 Å². The third kappa shape index (κ3) is 4.52. The van der Waals surface area contributed by atoms with Crippen molar-refractivity contribution in [1.29, 1.82) is 0 Å². The molecule has 0 unspecified atom stereocenters. The third-order valence-corrected chi connectivity index (χ3v) is 6.12. The minimum absolute atomic E-state index is 0.260. The Labute approximate surface area is 188 Å². The van der Waals surface area contributed by atoms with Crippen molar-refractivity contribution in [3.63, 3.8) is 0 Å². The van der Waals surface area contributed by atoms with Crippen LogP contribution in [0.3, 0.4) is 0 Å². The molecule has 0 aliphatic carbocycles. The Bertz CT molecular complexity index is 1180. The van der Waals surface area contributed by atoms with E-state index < -0.39 is 0 Å². The number of anilines is 3. The molecule has 4 aromatic rings. The minimum atomic E-state index is 0.260. The van der Waals surface area contributed by atoms with Crippen molar-refractivity contribution in [2.45, 2.75) is 38.5 Å². The quantitative estimate of drug-likeness (QED) is 0.358. The number of fused-ring (bicyclic) bond motifs is 2. The number of hydrogen-bond donors (Lipinski definition) is 2. The SMILES string of the molecule is O=C1CCCc2ccccc2N1CCCCc1ccc(Nc2nc3ccccc3[nH]2)cc1. The van der Waals surface area contributed by atoms with Gasteiger partial charge < -0.3 is 15.2 Å². The first kappa shape index (κ1) is 20.3. The summed E-state index contributed by atoms with van der Waals surface area (Å²) in [6.45, 7) is 0.793. The Kier molecular flexibility index (Phi) is 5.88. The smallest absolute Gasteiger partial charge is 0.226 e. The molecule has 0 bridgehead atoms. The molecule has 1 amide bonds. The van der Waals surface area contributed by atoms with Crippen molar-refractivity contribution < 1.29 is 4.79 Å². The molecular formula is C27H28N4O. The molecule has 0 radical (unpaired) electrons. The molecule has 1 aliphatic rings. The lowest BCUT2D eigenvalue weighted by atomic mass is 10.1. The molecule has 0 saturated heterocycles. The van der Waals surface area contributed by atoms with Gasteiger partial charge >= 0.3 is 0 Å². The van der Waals surface area contributed by atoms with Crippen LogP contribution in [-0.2, 0) is 17.6 Å². The number of nitrogens with one attached hydrogen (secondary N) is 2. The first-order chi connectivity index (χ1) is 15.8. The van der Waals surface area contributed by atoms with Crippen LogP contribution in [0.1, 0.15) is 36.8 Å². The number of carbonyl (C=O) groups is 1. The summed E-state index contributed by atoms with van der Waals surface area (Å²) in [6.07, 6.45) is 5.65. The molecule has 0 saturated carbocycles. The number of aryl methyl sites for hydroxylation is 2. The standard InChI is InChI=1S/C27H28N4O/c32-26-14-7-10-21-9-1-4-13-25(21)31(26)19-6-5-8-20-15-17-22(18-16-20)28-27-29-23-11-2-3-12-24(23)30-27/h1-4,9,11-13,15-18H,5-8,10,14,19H2,(H2,28,29,30). The Morgan fingerprint density at radius 2 is 1.72 bits per heavy atom. The van der Waals surface area contributed by atoms with Gasteiger partial charge in [-0.05, 0) is 73.6 Å². The van der Waals surface area contributed by atoms with Gasteiger partial charge in [-0.3, -0.25) is 4.79 Å². The van der Waals surface area contributed by atoms with Crippen molar-refractivity contribution in [1.82, 2.24) is 9.97 Å². The Balaban J connectivity index is 1.14. The fourth-order valence-electron chi connectivity index (χ4n) is 4.43. The summed E-state index contributed by atoms with van der Waals surface area (Å²) in [5.74, 6) is 1.01. The van der Waals surface area contributed by atoms with E-state index in [1.54, 1.807) is 0 Å². The van der Waals surface area contributed by atoms with Crippen LogP contribution in [0.5, 0.6) is 0 Å². The van der Waals surface area contributed by atoms with Gasteiger partial charge in [0, 0.05) is 24.3 Å². The van der Waals surface area contributed by atoms with Crippen LogP contribution < -0.4 is 10.2 Å². The Hall–Kier alpha value is -3.60. The van der Waals surface area contributed by atoms with Gasteiger partial charge in [0.2, 0.25) is 11.9 Å². The lowest BCUT2D eigenvalue weighted by Crippen LogP contribution is -2.31. The molecule has 32 heavy (non-hydrogen) atoms. The number of imidazole rings is 1. The number of aromatic nitrogens is 2. The van der Waals surface area contributed by atoms with E-state index in [0.29, 0.717) is 6.42 Å². The first-order valence-corrected chi connectivity index (χ1v) is 11.5. The fourth-order valence-corrected chi connectivity index (χ4v) is 4.43. The molecule has 162 valence electrons. The molecular weight excluding hydrogens is 396 g/mol. The van der Waals surface area contributed by atoms with E-state index >= 15 is 0 Å². The summed E-state index contributed by atoms with van der Waals surface area (Å²) < 4.78 is 0. The molecule has 0 spiro atoms. The zero-order valence-corrected chi connectivity index (χ0v) is 18.2. The summed E-state index contributed by atoms with van der Waals surface area (Å²) in [5, 5.41) is 3.34. The van der Waals surface area contributed by atoms with Gasteiger partial charge in [-0.15, -0.1) is 0 Å². The van der Waals surface area contributed by atoms with Gasteiger partial charge in [-0.2, -0.15) is 0 Å². The number of para-hydroxylation sites is 3. The number of H-pyrrole nitrogens is 1. The van der Waals surface area contributed by atoms with Crippen LogP contribution in [0.25, 0.3) is 11.0 Å². The van der Waals surface area contributed by atoms with Crippen molar-refractivity contribution in [3.05, 3.63) is 83.9 Å². The van der Waals surface area contributed by atoms with Crippen LogP contribution in [0, 0.1) is 0 Å². The van der Waals surface area contributed by atoms with E-state index in [2.05, 4.69) is 57.7 Å². The van der Waals surface area contributed by atoms with Gasteiger partial charge in [-0.25, -0.2) is 4.98 Å². The number of benzene rings is 3. The highest BCUT2D eigenvalue weighted by molar-refractivity contribution is 5.94. The summed E-state index contributed by atoms with van der Waals surface area (Å²) in [5.41, 5.74) is 6.71. The fraction of sp³-hybridized carbons (Fsp3) is 0.259. The molecule has 5 rings (SSSR count). The molecule has 1 aliphatic heterocycles. The van der Waals surface area contributed by atoms with Crippen LogP contribution >= 0.6 is 0 Å². The molecule has 0 atom stereocenters. The lowest BCUT2D eigenvalue weighted by Gasteiger charge is -2.23. The number of nitrogens with zero attached hydrogens (tertiary/aromatic N) is 2. The van der Waals surface area contributed by atoms with E-state index in [9.17, 15) is 4.79 Å². The molecule has 3 aromatic carbocycles. The van der Waals surface area contributed by atoms with Crippen molar-refractivity contribution in [2.24, 2.45) is 0 Å². The van der Waals surface area contributed by atoms with Crippen molar-refractivity contribution in [2.75, 3.05) is 16.8 Å². The molecule has 5 heteroatoms. The zero-order chi connectivity index (χ0) is 21.8. The lowest BCUT2D eigenvalue weighted by molar-refractivity contribution is -0.118. The number of rotatable bonds is 7. The highest BCUT2D eigenvalue weighted by Crippen LogP contribution is 2.27. The van der Waals surface area contributed by atoms with Crippen molar-refractivity contribution >= 4 is 34.3 Å². The highest BCUT2D eigenvalue weighted by Gasteiger charge is 2.21. The molecule has 0 fully saturated rings. The maximum Gasteiger partial charge on any atom is 0.226 e. The minimum Gasteiger partial charge on any atom is -0.326 e. The molecule has 5 nitrogen and oxygen atoms in total. The normalized spacial score (nSPS) is 13.8. The van der Waals surface area contributed by atoms with Gasteiger partial charge in [0.25, 0.3) is 0 Å².